The lowest BCUT2D eigenvalue weighted by atomic mass is 10.1. The summed E-state index contributed by atoms with van der Waals surface area (Å²) in [6.07, 6.45) is 3.90. The molecule has 9 heteroatoms. The topological polar surface area (TPSA) is 72.3 Å². The molecule has 0 bridgehead atoms. The first-order valence-electron chi connectivity index (χ1n) is 13.2. The Hall–Kier alpha value is -3.07. The third kappa shape index (κ3) is 6.08. The number of halogens is 2. The Bertz CT molecular complexity index is 1620. The van der Waals surface area contributed by atoms with Crippen molar-refractivity contribution in [3.05, 3.63) is 99.3 Å². The second-order valence-electron chi connectivity index (χ2n) is 9.64. The van der Waals surface area contributed by atoms with Crippen molar-refractivity contribution in [1.29, 1.82) is 0 Å². The lowest BCUT2D eigenvalue weighted by molar-refractivity contribution is 0.294. The Morgan fingerprint density at radius 2 is 1.72 bits per heavy atom. The minimum Gasteiger partial charge on any atom is -0.268 e. The number of benzene rings is 3. The Kier molecular flexibility index (Phi) is 9.20. The number of para-hydroxylation sites is 1. The third-order valence-corrected chi connectivity index (χ3v) is 9.07. The Labute approximate surface area is 234 Å². The number of hydrogen-bond donors (Lipinski definition) is 0. The molecule has 1 aromatic heterocycles. The van der Waals surface area contributed by atoms with Gasteiger partial charge in [0.05, 0.1) is 32.6 Å². The van der Waals surface area contributed by atoms with Crippen molar-refractivity contribution in [3.63, 3.8) is 0 Å². The summed E-state index contributed by atoms with van der Waals surface area (Å²) in [4.78, 5) is 18.9. The predicted octanol–water partition coefficient (Wildman–Crippen LogP) is 7.21. The summed E-state index contributed by atoms with van der Waals surface area (Å²) in [7, 11) is -3.95. The molecular weight excluding hydrogens is 537 g/mol. The Morgan fingerprint density at radius 3 is 2.38 bits per heavy atom. The number of nitrogens with zero attached hydrogens (tertiary/aromatic N) is 3. The molecule has 1 atom stereocenters. The standard InChI is InChI=1S/C30H33ClFN3O3S/c1-4-6-7-10-19-34(39(37,38)23-16-13-21(3)14-17-23)28(5-2)29-33-27-12-9-8-11-24(27)30(36)35(29)22-15-18-26(32)25(31)20-22/h8-9,11-18,20,28H,4-7,10,19H2,1-3H3. The normalized spacial score (nSPS) is 12.8. The highest BCUT2D eigenvalue weighted by Crippen LogP contribution is 2.32. The molecule has 0 fully saturated rings. The van der Waals surface area contributed by atoms with Gasteiger partial charge in [0.25, 0.3) is 5.56 Å². The summed E-state index contributed by atoms with van der Waals surface area (Å²) in [6.45, 7) is 6.14. The van der Waals surface area contributed by atoms with Gasteiger partial charge in [0, 0.05) is 6.54 Å². The fourth-order valence-electron chi connectivity index (χ4n) is 4.75. The van der Waals surface area contributed by atoms with Crippen LogP contribution in [0.25, 0.3) is 16.6 Å². The van der Waals surface area contributed by atoms with Gasteiger partial charge in [-0.25, -0.2) is 17.8 Å². The van der Waals surface area contributed by atoms with Gasteiger partial charge in [0.2, 0.25) is 10.0 Å². The van der Waals surface area contributed by atoms with Crippen molar-refractivity contribution in [2.45, 2.75) is 63.8 Å². The Balaban J connectivity index is 1.96. The maximum atomic E-state index is 14.1. The van der Waals surface area contributed by atoms with Crippen LogP contribution in [0.5, 0.6) is 0 Å². The Morgan fingerprint density at radius 1 is 1.00 bits per heavy atom. The molecule has 0 aliphatic heterocycles. The van der Waals surface area contributed by atoms with Crippen molar-refractivity contribution in [3.8, 4) is 5.69 Å². The largest absolute Gasteiger partial charge is 0.268 e. The van der Waals surface area contributed by atoms with Crippen molar-refractivity contribution in [2.24, 2.45) is 0 Å². The quantitative estimate of drug-likeness (QED) is 0.179. The fraction of sp³-hybridized carbons (Fsp3) is 0.333. The third-order valence-electron chi connectivity index (χ3n) is 6.86. The summed E-state index contributed by atoms with van der Waals surface area (Å²) in [5.41, 5.74) is 1.35. The monoisotopic (exact) mass is 569 g/mol. The van der Waals surface area contributed by atoms with Gasteiger partial charge in [-0.15, -0.1) is 0 Å². The molecule has 6 nitrogen and oxygen atoms in total. The van der Waals surface area contributed by atoms with Crippen molar-refractivity contribution in [2.75, 3.05) is 6.54 Å². The highest BCUT2D eigenvalue weighted by atomic mass is 35.5. The molecule has 1 unspecified atom stereocenters. The maximum Gasteiger partial charge on any atom is 0.266 e. The minimum absolute atomic E-state index is 0.143. The number of hydrogen-bond acceptors (Lipinski definition) is 4. The predicted molar refractivity (Wildman–Crippen MR) is 155 cm³/mol. The van der Waals surface area contributed by atoms with Crippen molar-refractivity contribution < 1.29 is 12.8 Å². The van der Waals surface area contributed by atoms with E-state index >= 15 is 0 Å². The molecule has 4 rings (SSSR count). The number of rotatable bonds is 11. The number of fused-ring (bicyclic) bond motifs is 1. The van der Waals surface area contributed by atoms with Gasteiger partial charge >= 0.3 is 0 Å². The number of unbranched alkanes of at least 4 members (excludes halogenated alkanes) is 3. The van der Waals surface area contributed by atoms with Gasteiger partial charge in [-0.1, -0.05) is 74.5 Å². The van der Waals surface area contributed by atoms with Crippen LogP contribution in [0.1, 0.15) is 63.4 Å². The lowest BCUT2D eigenvalue weighted by Crippen LogP contribution is -2.39. The van der Waals surface area contributed by atoms with Crippen LogP contribution in [-0.4, -0.2) is 28.8 Å². The van der Waals surface area contributed by atoms with Gasteiger partial charge in [-0.2, -0.15) is 4.31 Å². The number of sulfonamides is 1. The molecule has 0 radical (unpaired) electrons. The first kappa shape index (κ1) is 28.9. The summed E-state index contributed by atoms with van der Waals surface area (Å²) < 4.78 is 45.1. The van der Waals surface area contributed by atoms with Crippen LogP contribution in [0.3, 0.4) is 0 Å². The van der Waals surface area contributed by atoms with Gasteiger partial charge < -0.3 is 0 Å². The van der Waals surface area contributed by atoms with E-state index in [0.29, 0.717) is 29.4 Å². The van der Waals surface area contributed by atoms with E-state index in [1.807, 2.05) is 13.8 Å². The summed E-state index contributed by atoms with van der Waals surface area (Å²) >= 11 is 6.11. The number of aryl methyl sites for hydroxylation is 1. The van der Waals surface area contributed by atoms with E-state index in [9.17, 15) is 17.6 Å². The second-order valence-corrected chi connectivity index (χ2v) is 11.9. The van der Waals surface area contributed by atoms with E-state index in [1.54, 1.807) is 48.5 Å². The molecular formula is C30H33ClFN3O3S. The summed E-state index contributed by atoms with van der Waals surface area (Å²) in [5.74, 6) is -0.356. The molecule has 0 amide bonds. The molecule has 0 saturated heterocycles. The lowest BCUT2D eigenvalue weighted by Gasteiger charge is -2.31. The molecule has 0 aliphatic rings. The van der Waals surface area contributed by atoms with Crippen LogP contribution in [0.15, 0.2) is 76.4 Å². The van der Waals surface area contributed by atoms with Crippen LogP contribution in [-0.2, 0) is 10.0 Å². The van der Waals surface area contributed by atoms with E-state index in [2.05, 4.69) is 6.92 Å². The minimum atomic E-state index is -3.95. The van der Waals surface area contributed by atoms with E-state index < -0.39 is 21.9 Å². The second kappa shape index (κ2) is 12.4. The van der Waals surface area contributed by atoms with E-state index in [4.69, 9.17) is 16.6 Å². The van der Waals surface area contributed by atoms with Crippen LogP contribution in [0.2, 0.25) is 5.02 Å². The molecule has 4 aromatic rings. The van der Waals surface area contributed by atoms with Gasteiger partial charge in [-0.3, -0.25) is 9.36 Å². The summed E-state index contributed by atoms with van der Waals surface area (Å²) in [5, 5.41) is 0.225. The summed E-state index contributed by atoms with van der Waals surface area (Å²) in [6, 6.07) is 16.9. The van der Waals surface area contributed by atoms with E-state index in [0.717, 1.165) is 24.8 Å². The van der Waals surface area contributed by atoms with Gasteiger partial charge in [0.15, 0.2) is 0 Å². The average molecular weight is 570 g/mol. The SMILES string of the molecule is CCCCCCN(C(CC)c1nc2ccccc2c(=O)n1-c1ccc(F)c(Cl)c1)S(=O)(=O)c1ccc(C)cc1. The van der Waals surface area contributed by atoms with Crippen molar-refractivity contribution in [1.82, 2.24) is 13.9 Å². The molecule has 0 N–H and O–H groups in total. The van der Waals surface area contributed by atoms with Crippen molar-refractivity contribution >= 4 is 32.5 Å². The molecule has 1 heterocycles. The molecule has 0 aliphatic carbocycles. The maximum absolute atomic E-state index is 14.1. The van der Waals surface area contributed by atoms with Crippen LogP contribution >= 0.6 is 11.6 Å². The van der Waals surface area contributed by atoms with E-state index in [-0.39, 0.29) is 27.8 Å². The van der Waals surface area contributed by atoms with Crippen LogP contribution in [0.4, 0.5) is 4.39 Å². The van der Waals surface area contributed by atoms with Crippen LogP contribution < -0.4 is 5.56 Å². The van der Waals surface area contributed by atoms with Gasteiger partial charge in [-0.05, 0) is 62.2 Å². The highest BCUT2D eigenvalue weighted by molar-refractivity contribution is 7.89. The molecule has 3 aromatic carbocycles. The van der Waals surface area contributed by atoms with E-state index in [1.165, 1.54) is 27.1 Å². The smallest absolute Gasteiger partial charge is 0.266 e. The van der Waals surface area contributed by atoms with Crippen LogP contribution in [0, 0.1) is 12.7 Å². The number of aromatic nitrogens is 2. The molecule has 206 valence electrons. The highest BCUT2D eigenvalue weighted by Gasteiger charge is 2.34. The molecule has 0 saturated carbocycles. The first-order chi connectivity index (χ1) is 18.7. The molecule has 0 spiro atoms. The fourth-order valence-corrected chi connectivity index (χ4v) is 6.62. The van der Waals surface area contributed by atoms with Gasteiger partial charge in [0.1, 0.15) is 11.6 Å². The zero-order valence-electron chi connectivity index (χ0n) is 22.4. The zero-order valence-corrected chi connectivity index (χ0v) is 24.0. The average Bonchev–Trinajstić information content (AvgIpc) is 2.92. The zero-order chi connectivity index (χ0) is 28.2. The first-order valence-corrected chi connectivity index (χ1v) is 15.1. The molecule has 39 heavy (non-hydrogen) atoms.